The van der Waals surface area contributed by atoms with Crippen molar-refractivity contribution in [1.82, 2.24) is 5.32 Å². The van der Waals surface area contributed by atoms with Crippen molar-refractivity contribution < 1.29 is 4.74 Å². The molecule has 1 heterocycles. The lowest BCUT2D eigenvalue weighted by Gasteiger charge is -2.02. The second kappa shape index (κ2) is 1.39. The SMILES string of the molecule is C1=C2NCOC2=CC2C[C@H]12. The summed E-state index contributed by atoms with van der Waals surface area (Å²) in [6.07, 6.45) is 5.88. The third-order valence-corrected chi connectivity index (χ3v) is 2.39. The average molecular weight is 135 g/mol. The van der Waals surface area contributed by atoms with Crippen molar-refractivity contribution in [2.75, 3.05) is 6.73 Å². The third-order valence-electron chi connectivity index (χ3n) is 2.39. The van der Waals surface area contributed by atoms with Gasteiger partial charge in [-0.05, 0) is 24.3 Å². The van der Waals surface area contributed by atoms with E-state index in [1.54, 1.807) is 0 Å². The first-order chi connectivity index (χ1) is 4.93. The normalized spacial score (nSPS) is 40.0. The lowest BCUT2D eigenvalue weighted by atomic mass is 10.1. The Morgan fingerprint density at radius 2 is 2.30 bits per heavy atom. The van der Waals surface area contributed by atoms with Crippen LogP contribution < -0.4 is 5.32 Å². The van der Waals surface area contributed by atoms with Crippen molar-refractivity contribution in [1.29, 1.82) is 0 Å². The Morgan fingerprint density at radius 1 is 1.40 bits per heavy atom. The molecule has 0 bridgehead atoms. The molecule has 1 saturated carbocycles. The monoisotopic (exact) mass is 135 g/mol. The Hall–Kier alpha value is -0.920. The Bertz CT molecular complexity index is 218. The molecule has 1 aliphatic heterocycles. The second-order valence-electron chi connectivity index (χ2n) is 3.14. The van der Waals surface area contributed by atoms with Gasteiger partial charge < -0.3 is 10.1 Å². The summed E-state index contributed by atoms with van der Waals surface area (Å²) in [7, 11) is 0. The second-order valence-corrected chi connectivity index (χ2v) is 3.14. The predicted octanol–water partition coefficient (Wildman–Crippen LogP) is 0.981. The maximum absolute atomic E-state index is 5.34. The van der Waals surface area contributed by atoms with Crippen LogP contribution in [0.4, 0.5) is 0 Å². The highest BCUT2D eigenvalue weighted by molar-refractivity contribution is 5.36. The van der Waals surface area contributed by atoms with Gasteiger partial charge in [0.2, 0.25) is 0 Å². The molecule has 2 nitrogen and oxygen atoms in total. The van der Waals surface area contributed by atoms with Gasteiger partial charge in [-0.1, -0.05) is 6.08 Å². The van der Waals surface area contributed by atoms with Crippen molar-refractivity contribution in [3.63, 3.8) is 0 Å². The molecule has 10 heavy (non-hydrogen) atoms. The van der Waals surface area contributed by atoms with E-state index in [-0.39, 0.29) is 0 Å². The van der Waals surface area contributed by atoms with Crippen LogP contribution >= 0.6 is 0 Å². The van der Waals surface area contributed by atoms with Gasteiger partial charge in [0.15, 0.2) is 6.73 Å². The van der Waals surface area contributed by atoms with Gasteiger partial charge in [-0.25, -0.2) is 0 Å². The molecule has 1 N–H and O–H groups in total. The summed E-state index contributed by atoms with van der Waals surface area (Å²) in [6.45, 7) is 0.664. The van der Waals surface area contributed by atoms with Crippen LogP contribution in [0.1, 0.15) is 6.42 Å². The van der Waals surface area contributed by atoms with Crippen molar-refractivity contribution in [2.24, 2.45) is 11.8 Å². The summed E-state index contributed by atoms with van der Waals surface area (Å²) < 4.78 is 5.34. The topological polar surface area (TPSA) is 21.3 Å². The van der Waals surface area contributed by atoms with E-state index in [1.807, 2.05) is 0 Å². The largest absolute Gasteiger partial charge is 0.471 e. The number of allylic oxidation sites excluding steroid dienone is 2. The van der Waals surface area contributed by atoms with Gasteiger partial charge in [-0.2, -0.15) is 0 Å². The molecular weight excluding hydrogens is 126 g/mol. The molecule has 2 atom stereocenters. The first-order valence-corrected chi connectivity index (χ1v) is 3.74. The fraction of sp³-hybridized carbons (Fsp3) is 0.500. The first kappa shape index (κ1) is 4.83. The molecule has 2 heteroatoms. The summed E-state index contributed by atoms with van der Waals surface area (Å²) in [5, 5.41) is 3.19. The number of hydrogen-bond donors (Lipinski definition) is 1. The predicted molar refractivity (Wildman–Crippen MR) is 36.9 cm³/mol. The molecule has 1 unspecified atom stereocenters. The van der Waals surface area contributed by atoms with Crippen molar-refractivity contribution in [3.05, 3.63) is 23.6 Å². The number of rotatable bonds is 0. The van der Waals surface area contributed by atoms with Gasteiger partial charge in [0.1, 0.15) is 5.76 Å². The number of fused-ring (bicyclic) bond motifs is 2. The number of nitrogens with one attached hydrogen (secondary N) is 1. The molecule has 0 spiro atoms. The van der Waals surface area contributed by atoms with Gasteiger partial charge in [-0.3, -0.25) is 0 Å². The zero-order valence-corrected chi connectivity index (χ0v) is 5.63. The van der Waals surface area contributed by atoms with Crippen LogP contribution in [0.5, 0.6) is 0 Å². The van der Waals surface area contributed by atoms with Crippen LogP contribution in [0.15, 0.2) is 23.6 Å². The minimum absolute atomic E-state index is 0.664. The number of hydrogen-bond acceptors (Lipinski definition) is 2. The molecule has 1 saturated heterocycles. The van der Waals surface area contributed by atoms with E-state index >= 15 is 0 Å². The Labute approximate surface area is 59.6 Å². The van der Waals surface area contributed by atoms with Gasteiger partial charge in [0.25, 0.3) is 0 Å². The molecule has 0 amide bonds. The summed E-state index contributed by atoms with van der Waals surface area (Å²) in [6, 6.07) is 0. The smallest absolute Gasteiger partial charge is 0.159 e. The standard InChI is InChI=1S/C8H9NO/c1-5-2-7-8(3-6(1)5)10-4-9-7/h2-3,5-6,9H,1,4H2/t5-,6?/m1/s1. The molecule has 2 aliphatic carbocycles. The fourth-order valence-electron chi connectivity index (χ4n) is 1.66. The zero-order chi connectivity index (χ0) is 6.55. The molecule has 0 aromatic carbocycles. The Kier molecular flexibility index (Phi) is 0.670. The van der Waals surface area contributed by atoms with Crippen LogP contribution in [-0.2, 0) is 4.74 Å². The zero-order valence-electron chi connectivity index (χ0n) is 5.63. The van der Waals surface area contributed by atoms with Crippen molar-refractivity contribution >= 4 is 0 Å². The summed E-state index contributed by atoms with van der Waals surface area (Å²) >= 11 is 0. The molecular formula is C8H9NO. The Morgan fingerprint density at radius 3 is 3.30 bits per heavy atom. The van der Waals surface area contributed by atoms with E-state index in [0.29, 0.717) is 6.73 Å². The molecule has 0 radical (unpaired) electrons. The molecule has 52 valence electrons. The highest BCUT2D eigenvalue weighted by Crippen LogP contribution is 2.46. The minimum Gasteiger partial charge on any atom is -0.471 e. The van der Waals surface area contributed by atoms with E-state index in [9.17, 15) is 0 Å². The quantitative estimate of drug-likeness (QED) is 0.534. The maximum Gasteiger partial charge on any atom is 0.159 e. The van der Waals surface area contributed by atoms with Crippen LogP contribution in [0.25, 0.3) is 0 Å². The lowest BCUT2D eigenvalue weighted by Crippen LogP contribution is -2.05. The van der Waals surface area contributed by atoms with Gasteiger partial charge in [0.05, 0.1) is 5.70 Å². The van der Waals surface area contributed by atoms with Crippen LogP contribution in [-0.4, -0.2) is 6.73 Å². The summed E-state index contributed by atoms with van der Waals surface area (Å²) in [5.74, 6) is 2.71. The highest BCUT2D eigenvalue weighted by atomic mass is 16.5. The van der Waals surface area contributed by atoms with Crippen LogP contribution in [0.2, 0.25) is 0 Å². The molecule has 0 aromatic rings. The first-order valence-electron chi connectivity index (χ1n) is 3.74. The molecule has 3 rings (SSSR count). The van der Waals surface area contributed by atoms with Gasteiger partial charge in [0, 0.05) is 0 Å². The van der Waals surface area contributed by atoms with Crippen molar-refractivity contribution in [2.45, 2.75) is 6.42 Å². The lowest BCUT2D eigenvalue weighted by molar-refractivity contribution is 0.253. The van der Waals surface area contributed by atoms with Gasteiger partial charge in [-0.15, -0.1) is 0 Å². The molecule has 2 fully saturated rings. The summed E-state index contributed by atoms with van der Waals surface area (Å²) in [4.78, 5) is 0. The van der Waals surface area contributed by atoms with Crippen molar-refractivity contribution in [3.8, 4) is 0 Å². The van der Waals surface area contributed by atoms with E-state index in [1.165, 1.54) is 12.1 Å². The van der Waals surface area contributed by atoms with E-state index in [0.717, 1.165) is 17.6 Å². The van der Waals surface area contributed by atoms with E-state index < -0.39 is 0 Å². The molecule has 0 aromatic heterocycles. The third kappa shape index (κ3) is 0.491. The average Bonchev–Trinajstić information content (AvgIpc) is 2.52. The van der Waals surface area contributed by atoms with Gasteiger partial charge >= 0.3 is 0 Å². The molecule has 3 aliphatic rings. The number of ether oxygens (including phenoxy) is 1. The minimum atomic E-state index is 0.664. The van der Waals surface area contributed by atoms with E-state index in [2.05, 4.69) is 17.5 Å². The van der Waals surface area contributed by atoms with E-state index in [4.69, 9.17) is 4.74 Å². The Balaban J connectivity index is 2.06. The highest BCUT2D eigenvalue weighted by Gasteiger charge is 2.39. The van der Waals surface area contributed by atoms with Crippen LogP contribution in [0.3, 0.4) is 0 Å². The van der Waals surface area contributed by atoms with Crippen LogP contribution in [0, 0.1) is 11.8 Å². The maximum atomic E-state index is 5.34. The summed E-state index contributed by atoms with van der Waals surface area (Å²) in [5.41, 5.74) is 1.22. The fourth-order valence-corrected chi connectivity index (χ4v) is 1.66.